The average Bonchev–Trinajstić information content (AvgIpc) is 3.14. The first kappa shape index (κ1) is 15.3. The average molecular weight is 313 g/mol. The van der Waals surface area contributed by atoms with Crippen molar-refractivity contribution in [3.05, 3.63) is 59.0 Å². The Bertz CT molecular complexity index is 720. The van der Waals surface area contributed by atoms with E-state index in [9.17, 15) is 9.59 Å². The molecule has 2 heterocycles. The lowest BCUT2D eigenvalue weighted by Crippen LogP contribution is -2.31. The van der Waals surface area contributed by atoms with Crippen molar-refractivity contribution in [2.24, 2.45) is 0 Å². The van der Waals surface area contributed by atoms with Crippen LogP contribution in [0.3, 0.4) is 0 Å². The lowest BCUT2D eigenvalue weighted by Gasteiger charge is -2.25. The summed E-state index contributed by atoms with van der Waals surface area (Å²) in [4.78, 5) is 25.8. The Balaban J connectivity index is 1.91. The van der Waals surface area contributed by atoms with Gasteiger partial charge in [-0.1, -0.05) is 30.3 Å². The van der Waals surface area contributed by atoms with E-state index in [4.69, 9.17) is 9.52 Å². The van der Waals surface area contributed by atoms with Gasteiger partial charge in [0.1, 0.15) is 12.2 Å². The fraction of sp³-hybridized carbons (Fsp3) is 0.333. The molecule has 1 aromatic heterocycles. The molecule has 1 N–H and O–H groups in total. The summed E-state index contributed by atoms with van der Waals surface area (Å²) in [6.45, 7) is 2.45. The van der Waals surface area contributed by atoms with Crippen molar-refractivity contribution in [2.45, 2.75) is 32.2 Å². The highest BCUT2D eigenvalue weighted by Gasteiger charge is 2.33. The van der Waals surface area contributed by atoms with Gasteiger partial charge in [-0.2, -0.15) is 0 Å². The number of carbonyl (C=O) groups excluding carboxylic acids is 1. The van der Waals surface area contributed by atoms with Gasteiger partial charge in [0.15, 0.2) is 0 Å². The zero-order chi connectivity index (χ0) is 16.4. The van der Waals surface area contributed by atoms with Crippen molar-refractivity contribution < 1.29 is 19.1 Å². The summed E-state index contributed by atoms with van der Waals surface area (Å²) in [6.07, 6.45) is 3.04. The van der Waals surface area contributed by atoms with Crippen molar-refractivity contribution in [2.75, 3.05) is 6.54 Å². The third kappa shape index (κ3) is 2.99. The van der Waals surface area contributed by atoms with Crippen molar-refractivity contribution in [1.82, 2.24) is 4.90 Å². The van der Waals surface area contributed by atoms with E-state index in [1.807, 2.05) is 35.2 Å². The van der Waals surface area contributed by atoms with Crippen molar-refractivity contribution >= 4 is 11.9 Å². The number of carboxylic acid groups (broad SMARTS) is 1. The molecule has 120 valence electrons. The minimum absolute atomic E-state index is 0.0377. The van der Waals surface area contributed by atoms with Crippen LogP contribution in [0.5, 0.6) is 0 Å². The molecule has 1 saturated heterocycles. The molecule has 0 spiro atoms. The maximum atomic E-state index is 13.0. The summed E-state index contributed by atoms with van der Waals surface area (Å²) in [7, 11) is 0. The van der Waals surface area contributed by atoms with Crippen LogP contribution in [0.2, 0.25) is 0 Å². The van der Waals surface area contributed by atoms with Crippen LogP contribution in [0.25, 0.3) is 0 Å². The standard InChI is InChI=1S/C18H19NO4/c1-12-11-23-15(10-16(20)21)17(12)18(22)19-9-5-8-14(19)13-6-3-2-4-7-13/h2-4,6-7,11,14H,5,8-10H2,1H3,(H,20,21). The smallest absolute Gasteiger partial charge is 0.311 e. The Morgan fingerprint density at radius 3 is 2.74 bits per heavy atom. The highest BCUT2D eigenvalue weighted by molar-refractivity contribution is 5.97. The molecule has 1 atom stereocenters. The van der Waals surface area contributed by atoms with Gasteiger partial charge in [0.05, 0.1) is 17.9 Å². The summed E-state index contributed by atoms with van der Waals surface area (Å²) in [5.74, 6) is -0.910. The fourth-order valence-electron chi connectivity index (χ4n) is 3.23. The number of likely N-dealkylation sites (tertiary alicyclic amines) is 1. The van der Waals surface area contributed by atoms with Crippen LogP contribution in [0.4, 0.5) is 0 Å². The number of furan rings is 1. The molecule has 2 aromatic rings. The molecule has 5 heteroatoms. The monoisotopic (exact) mass is 313 g/mol. The zero-order valence-electron chi connectivity index (χ0n) is 13.0. The quantitative estimate of drug-likeness (QED) is 0.941. The van der Waals surface area contributed by atoms with Crippen LogP contribution in [-0.2, 0) is 11.2 Å². The number of aryl methyl sites for hydroxylation is 1. The Morgan fingerprint density at radius 2 is 2.04 bits per heavy atom. The molecule has 1 amide bonds. The first-order valence-electron chi connectivity index (χ1n) is 7.72. The highest BCUT2D eigenvalue weighted by Crippen LogP contribution is 2.34. The van der Waals surface area contributed by atoms with Crippen LogP contribution in [-0.4, -0.2) is 28.4 Å². The second-order valence-corrected chi connectivity index (χ2v) is 5.85. The van der Waals surface area contributed by atoms with Crippen molar-refractivity contribution in [3.63, 3.8) is 0 Å². The summed E-state index contributed by atoms with van der Waals surface area (Å²) in [5.41, 5.74) is 2.19. The molecule has 1 unspecified atom stereocenters. The van der Waals surface area contributed by atoms with Gasteiger partial charge >= 0.3 is 5.97 Å². The summed E-state index contributed by atoms with van der Waals surface area (Å²) >= 11 is 0. The number of hydrogen-bond donors (Lipinski definition) is 1. The van der Waals surface area contributed by atoms with Gasteiger partial charge in [-0.05, 0) is 25.3 Å². The van der Waals surface area contributed by atoms with Crippen LogP contribution >= 0.6 is 0 Å². The Hall–Kier alpha value is -2.56. The first-order valence-corrected chi connectivity index (χ1v) is 7.72. The summed E-state index contributed by atoms with van der Waals surface area (Å²) in [5, 5.41) is 8.99. The Morgan fingerprint density at radius 1 is 1.30 bits per heavy atom. The highest BCUT2D eigenvalue weighted by atomic mass is 16.4. The Labute approximate surface area is 134 Å². The molecular formula is C18H19NO4. The zero-order valence-corrected chi connectivity index (χ0v) is 13.0. The molecule has 23 heavy (non-hydrogen) atoms. The molecule has 0 aliphatic carbocycles. The van der Waals surface area contributed by atoms with Gasteiger partial charge in [-0.3, -0.25) is 9.59 Å². The molecule has 1 fully saturated rings. The van der Waals surface area contributed by atoms with Gasteiger partial charge < -0.3 is 14.4 Å². The van der Waals surface area contributed by atoms with E-state index in [1.54, 1.807) is 6.92 Å². The largest absolute Gasteiger partial charge is 0.481 e. The van der Waals surface area contributed by atoms with Crippen LogP contribution in [0, 0.1) is 6.92 Å². The second kappa shape index (κ2) is 6.28. The van der Waals surface area contributed by atoms with Crippen molar-refractivity contribution in [1.29, 1.82) is 0 Å². The molecule has 1 aliphatic heterocycles. The summed E-state index contributed by atoms with van der Waals surface area (Å²) in [6, 6.07) is 9.98. The van der Waals surface area contributed by atoms with Gasteiger partial charge in [-0.15, -0.1) is 0 Å². The molecular weight excluding hydrogens is 294 g/mol. The van der Waals surface area contributed by atoms with Crippen LogP contribution in [0.1, 0.15) is 46.1 Å². The topological polar surface area (TPSA) is 70.7 Å². The van der Waals surface area contributed by atoms with Crippen LogP contribution < -0.4 is 0 Å². The maximum Gasteiger partial charge on any atom is 0.311 e. The fourth-order valence-corrected chi connectivity index (χ4v) is 3.23. The third-order valence-corrected chi connectivity index (χ3v) is 4.27. The molecule has 0 saturated carbocycles. The summed E-state index contributed by atoms with van der Waals surface area (Å²) < 4.78 is 5.30. The van der Waals surface area contributed by atoms with Gasteiger partial charge in [0, 0.05) is 12.1 Å². The number of hydrogen-bond acceptors (Lipinski definition) is 3. The third-order valence-electron chi connectivity index (χ3n) is 4.27. The van der Waals surface area contributed by atoms with E-state index in [1.165, 1.54) is 6.26 Å². The van der Waals surface area contributed by atoms with E-state index >= 15 is 0 Å². The minimum Gasteiger partial charge on any atom is -0.481 e. The predicted octanol–water partition coefficient (Wildman–Crippen LogP) is 3.19. The van der Waals surface area contributed by atoms with E-state index < -0.39 is 5.97 Å². The number of amides is 1. The van der Waals surface area contributed by atoms with E-state index in [-0.39, 0.29) is 24.1 Å². The SMILES string of the molecule is Cc1coc(CC(=O)O)c1C(=O)N1CCCC1c1ccccc1. The van der Waals surface area contributed by atoms with E-state index in [0.29, 0.717) is 17.7 Å². The predicted molar refractivity (Wildman–Crippen MR) is 84.2 cm³/mol. The molecule has 0 radical (unpaired) electrons. The number of rotatable bonds is 4. The molecule has 1 aliphatic rings. The van der Waals surface area contributed by atoms with Gasteiger partial charge in [-0.25, -0.2) is 0 Å². The lowest BCUT2D eigenvalue weighted by molar-refractivity contribution is -0.136. The maximum absolute atomic E-state index is 13.0. The second-order valence-electron chi connectivity index (χ2n) is 5.85. The van der Waals surface area contributed by atoms with Crippen LogP contribution in [0.15, 0.2) is 41.0 Å². The van der Waals surface area contributed by atoms with E-state index in [2.05, 4.69) is 0 Å². The number of aliphatic carboxylic acids is 1. The lowest BCUT2D eigenvalue weighted by atomic mass is 10.0. The van der Waals surface area contributed by atoms with Gasteiger partial charge in [0.25, 0.3) is 5.91 Å². The number of benzene rings is 1. The minimum atomic E-state index is -1.01. The first-order chi connectivity index (χ1) is 11.1. The van der Waals surface area contributed by atoms with E-state index in [0.717, 1.165) is 18.4 Å². The molecule has 3 rings (SSSR count). The molecule has 5 nitrogen and oxygen atoms in total. The number of carboxylic acids is 1. The number of nitrogens with zero attached hydrogens (tertiary/aromatic N) is 1. The van der Waals surface area contributed by atoms with Crippen molar-refractivity contribution in [3.8, 4) is 0 Å². The molecule has 1 aromatic carbocycles. The molecule has 0 bridgehead atoms. The normalized spacial score (nSPS) is 17.4. The Kier molecular flexibility index (Phi) is 4.19. The number of carbonyl (C=O) groups is 2. The van der Waals surface area contributed by atoms with Gasteiger partial charge in [0.2, 0.25) is 0 Å².